The topological polar surface area (TPSA) is 0 Å². The van der Waals surface area contributed by atoms with Gasteiger partial charge in [0.15, 0.2) is 0 Å². The molecule has 109 valence electrons. The molecule has 0 heterocycles. The van der Waals surface area contributed by atoms with E-state index in [0.29, 0.717) is 0 Å². The zero-order valence-electron chi connectivity index (χ0n) is 13.1. The monoisotopic (exact) mass is 293 g/mol. The molecule has 0 aromatic heterocycles. The number of benzene rings is 4. The van der Waals surface area contributed by atoms with E-state index in [1.807, 2.05) is 12.1 Å². The normalized spacial score (nSPS) is 10.8. The van der Waals surface area contributed by atoms with Crippen LogP contribution >= 0.6 is 0 Å². The van der Waals surface area contributed by atoms with E-state index in [1.165, 1.54) is 33.0 Å². The molecular weight excluding hydrogens is 276 g/mol. The first-order valence-electron chi connectivity index (χ1n) is 7.89. The standard InChI is InChI=1S/C23H17/c1-17-9-8-14-20-15-16-21(18-10-4-2-5-11-18)23(22(17)20)19-12-6-3-7-13-19/h2-10,12-16H,1H3. The van der Waals surface area contributed by atoms with Crippen LogP contribution in [0.1, 0.15) is 5.56 Å². The molecule has 0 aliphatic carbocycles. The highest BCUT2D eigenvalue weighted by molar-refractivity contribution is 6.05. The van der Waals surface area contributed by atoms with Gasteiger partial charge in [0.25, 0.3) is 0 Å². The second kappa shape index (κ2) is 5.73. The van der Waals surface area contributed by atoms with Crippen LogP contribution in [0.25, 0.3) is 33.0 Å². The van der Waals surface area contributed by atoms with Gasteiger partial charge in [-0.2, -0.15) is 0 Å². The molecule has 0 atom stereocenters. The molecule has 23 heavy (non-hydrogen) atoms. The minimum absolute atomic E-state index is 1.14. The lowest BCUT2D eigenvalue weighted by atomic mass is 9.88. The van der Waals surface area contributed by atoms with Gasteiger partial charge in [0.2, 0.25) is 0 Å². The highest BCUT2D eigenvalue weighted by Gasteiger charge is 2.13. The molecule has 0 saturated heterocycles. The Morgan fingerprint density at radius 2 is 1.52 bits per heavy atom. The summed E-state index contributed by atoms with van der Waals surface area (Å²) < 4.78 is 0. The summed E-state index contributed by atoms with van der Waals surface area (Å²) in [5.41, 5.74) is 6.22. The molecule has 0 N–H and O–H groups in total. The average molecular weight is 293 g/mol. The summed E-state index contributed by atoms with van der Waals surface area (Å²) in [5, 5.41) is 2.61. The van der Waals surface area contributed by atoms with E-state index in [2.05, 4.69) is 85.8 Å². The Balaban J connectivity index is 2.14. The molecule has 0 nitrogen and oxygen atoms in total. The quantitative estimate of drug-likeness (QED) is 0.408. The van der Waals surface area contributed by atoms with Crippen LogP contribution in [-0.2, 0) is 0 Å². The summed E-state index contributed by atoms with van der Waals surface area (Å²) in [6.45, 7) is 2.19. The lowest BCUT2D eigenvalue weighted by molar-refractivity contribution is 1.52. The van der Waals surface area contributed by atoms with E-state index in [4.69, 9.17) is 0 Å². The molecule has 0 aliphatic rings. The van der Waals surface area contributed by atoms with E-state index in [9.17, 15) is 0 Å². The van der Waals surface area contributed by atoms with Crippen LogP contribution in [0.15, 0.2) is 84.9 Å². The molecule has 0 saturated carbocycles. The summed E-state index contributed by atoms with van der Waals surface area (Å²) >= 11 is 0. The van der Waals surface area contributed by atoms with Gasteiger partial charge in [-0.3, -0.25) is 0 Å². The third-order valence-electron chi connectivity index (χ3n) is 4.32. The maximum atomic E-state index is 3.38. The van der Waals surface area contributed by atoms with Crippen molar-refractivity contribution in [2.24, 2.45) is 0 Å². The SMILES string of the molecule is Cc1cccc2ccc(-c3[c]cccc3)c(-c3ccccc3)c12. The highest BCUT2D eigenvalue weighted by Crippen LogP contribution is 2.39. The van der Waals surface area contributed by atoms with Gasteiger partial charge in [0.1, 0.15) is 0 Å². The van der Waals surface area contributed by atoms with Gasteiger partial charge in [-0.05, 0) is 51.6 Å². The molecule has 1 radical (unpaired) electrons. The molecule has 0 bridgehead atoms. The molecule has 4 aromatic carbocycles. The van der Waals surface area contributed by atoms with Crippen LogP contribution in [0.5, 0.6) is 0 Å². The lowest BCUT2D eigenvalue weighted by Gasteiger charge is -2.15. The van der Waals surface area contributed by atoms with Crippen LogP contribution in [0, 0.1) is 13.0 Å². The largest absolute Gasteiger partial charge is 0.0622 e. The van der Waals surface area contributed by atoms with Gasteiger partial charge >= 0.3 is 0 Å². The molecule has 0 fully saturated rings. The molecule has 4 rings (SSSR count). The Bertz CT molecular complexity index is 951. The average Bonchev–Trinajstić information content (AvgIpc) is 2.62. The van der Waals surface area contributed by atoms with E-state index in [1.54, 1.807) is 0 Å². The molecule has 0 heteroatoms. The summed E-state index contributed by atoms with van der Waals surface area (Å²) in [5.74, 6) is 0. The second-order valence-corrected chi connectivity index (χ2v) is 5.80. The van der Waals surface area contributed by atoms with E-state index < -0.39 is 0 Å². The zero-order chi connectivity index (χ0) is 15.6. The van der Waals surface area contributed by atoms with Crippen LogP contribution in [0.3, 0.4) is 0 Å². The van der Waals surface area contributed by atoms with Crippen molar-refractivity contribution in [3.8, 4) is 22.3 Å². The van der Waals surface area contributed by atoms with Gasteiger partial charge in [-0.15, -0.1) is 0 Å². The Morgan fingerprint density at radius 1 is 0.696 bits per heavy atom. The number of hydrogen-bond donors (Lipinski definition) is 0. The Hall–Kier alpha value is -2.86. The van der Waals surface area contributed by atoms with Crippen molar-refractivity contribution in [2.45, 2.75) is 6.92 Å². The molecule has 4 aromatic rings. The summed E-state index contributed by atoms with van der Waals surface area (Å²) in [6.07, 6.45) is 0. The molecule has 0 spiro atoms. The van der Waals surface area contributed by atoms with Crippen LogP contribution in [-0.4, -0.2) is 0 Å². The fraction of sp³-hybridized carbons (Fsp3) is 0.0435. The maximum Gasteiger partial charge on any atom is -0.00239 e. The van der Waals surface area contributed by atoms with Gasteiger partial charge in [0, 0.05) is 0 Å². The highest BCUT2D eigenvalue weighted by atomic mass is 14.2. The number of fused-ring (bicyclic) bond motifs is 1. The lowest BCUT2D eigenvalue weighted by Crippen LogP contribution is -1.90. The summed E-state index contributed by atoms with van der Waals surface area (Å²) in [6, 6.07) is 33.2. The maximum absolute atomic E-state index is 3.38. The zero-order valence-corrected chi connectivity index (χ0v) is 13.1. The Labute approximate surface area is 137 Å². The van der Waals surface area contributed by atoms with Gasteiger partial charge in [-0.25, -0.2) is 0 Å². The number of hydrogen-bond acceptors (Lipinski definition) is 0. The van der Waals surface area contributed by atoms with Crippen molar-refractivity contribution in [2.75, 3.05) is 0 Å². The van der Waals surface area contributed by atoms with Crippen molar-refractivity contribution >= 4 is 10.8 Å². The molecular formula is C23H17. The van der Waals surface area contributed by atoms with Crippen LogP contribution < -0.4 is 0 Å². The summed E-state index contributed by atoms with van der Waals surface area (Å²) in [4.78, 5) is 0. The molecule has 0 unspecified atom stereocenters. The van der Waals surface area contributed by atoms with Crippen molar-refractivity contribution in [3.05, 3.63) is 96.6 Å². The van der Waals surface area contributed by atoms with Crippen LogP contribution in [0.4, 0.5) is 0 Å². The van der Waals surface area contributed by atoms with E-state index in [0.717, 1.165) is 5.56 Å². The fourth-order valence-electron chi connectivity index (χ4n) is 3.25. The molecule has 0 aliphatic heterocycles. The Kier molecular flexibility index (Phi) is 3.44. The number of aryl methyl sites for hydroxylation is 1. The smallest absolute Gasteiger partial charge is 0.00239 e. The predicted octanol–water partition coefficient (Wildman–Crippen LogP) is 6.28. The minimum Gasteiger partial charge on any atom is -0.0622 e. The first-order valence-corrected chi connectivity index (χ1v) is 7.89. The van der Waals surface area contributed by atoms with Crippen molar-refractivity contribution in [1.82, 2.24) is 0 Å². The van der Waals surface area contributed by atoms with Gasteiger partial charge < -0.3 is 0 Å². The van der Waals surface area contributed by atoms with Crippen LogP contribution in [0.2, 0.25) is 0 Å². The second-order valence-electron chi connectivity index (χ2n) is 5.80. The van der Waals surface area contributed by atoms with Crippen molar-refractivity contribution in [1.29, 1.82) is 0 Å². The first kappa shape index (κ1) is 13.8. The van der Waals surface area contributed by atoms with E-state index in [-0.39, 0.29) is 0 Å². The molecule has 0 amide bonds. The predicted molar refractivity (Wildman–Crippen MR) is 98.4 cm³/mol. The van der Waals surface area contributed by atoms with Gasteiger partial charge in [-0.1, -0.05) is 84.9 Å². The fourth-order valence-corrected chi connectivity index (χ4v) is 3.25. The third kappa shape index (κ3) is 2.43. The van der Waals surface area contributed by atoms with E-state index >= 15 is 0 Å². The van der Waals surface area contributed by atoms with Crippen molar-refractivity contribution in [3.63, 3.8) is 0 Å². The number of rotatable bonds is 2. The minimum atomic E-state index is 1.14. The van der Waals surface area contributed by atoms with Crippen molar-refractivity contribution < 1.29 is 0 Å². The van der Waals surface area contributed by atoms with Gasteiger partial charge in [0.05, 0.1) is 0 Å². The Morgan fingerprint density at radius 3 is 2.30 bits per heavy atom. The summed E-state index contributed by atoms with van der Waals surface area (Å²) in [7, 11) is 0. The third-order valence-corrected chi connectivity index (χ3v) is 4.32. The first-order chi connectivity index (χ1) is 11.3.